The minimum absolute atomic E-state index is 0.299. The number of carbonyl (C=O) groups is 1. The molecule has 9 heteroatoms. The standard InChI is InChI=1S/C21H18N2O4S3/c1-25-13-10-12(11-14(26-2)18(13)27-3)22-20(24)17-19(15-6-4-8-28-15)30-21(23-17)16-7-5-9-29-16/h4-11H,1-3H3,(H,22,24). The summed E-state index contributed by atoms with van der Waals surface area (Å²) < 4.78 is 16.1. The fraction of sp³-hybridized carbons (Fsp3) is 0.143. The van der Waals surface area contributed by atoms with Gasteiger partial charge < -0.3 is 19.5 Å². The molecule has 6 nitrogen and oxygen atoms in total. The second-order valence-electron chi connectivity index (χ2n) is 6.02. The van der Waals surface area contributed by atoms with Crippen molar-refractivity contribution in [2.24, 2.45) is 0 Å². The average molecular weight is 459 g/mol. The number of amides is 1. The average Bonchev–Trinajstić information content (AvgIpc) is 3.53. The van der Waals surface area contributed by atoms with Gasteiger partial charge in [-0.2, -0.15) is 0 Å². The Morgan fingerprint density at radius 1 is 0.933 bits per heavy atom. The molecule has 0 bridgehead atoms. The Kier molecular flexibility index (Phi) is 6.03. The van der Waals surface area contributed by atoms with Crippen LogP contribution in [0.2, 0.25) is 0 Å². The van der Waals surface area contributed by atoms with E-state index in [0.717, 1.165) is 19.6 Å². The first-order valence-electron chi connectivity index (χ1n) is 8.84. The normalized spacial score (nSPS) is 10.6. The van der Waals surface area contributed by atoms with Crippen molar-refractivity contribution in [1.82, 2.24) is 4.98 Å². The SMILES string of the molecule is COc1cc(NC(=O)c2nc(-c3cccs3)sc2-c2cccs2)cc(OC)c1OC. The van der Waals surface area contributed by atoms with Gasteiger partial charge in [-0.25, -0.2) is 4.98 Å². The number of benzene rings is 1. The predicted octanol–water partition coefficient (Wildman–Crippen LogP) is 5.88. The smallest absolute Gasteiger partial charge is 0.275 e. The number of rotatable bonds is 7. The number of carbonyl (C=O) groups excluding carboxylic acids is 1. The van der Waals surface area contributed by atoms with Crippen LogP contribution in [-0.4, -0.2) is 32.2 Å². The third-order valence-electron chi connectivity index (χ3n) is 4.24. The van der Waals surface area contributed by atoms with E-state index in [0.29, 0.717) is 28.6 Å². The molecule has 0 saturated carbocycles. The van der Waals surface area contributed by atoms with Crippen LogP contribution in [-0.2, 0) is 0 Å². The van der Waals surface area contributed by atoms with Gasteiger partial charge in [-0.05, 0) is 22.9 Å². The van der Waals surface area contributed by atoms with Crippen molar-refractivity contribution in [2.45, 2.75) is 0 Å². The van der Waals surface area contributed by atoms with Crippen LogP contribution < -0.4 is 19.5 Å². The molecule has 1 amide bonds. The van der Waals surface area contributed by atoms with Crippen molar-refractivity contribution in [3.8, 4) is 36.9 Å². The maximum absolute atomic E-state index is 13.2. The first-order valence-corrected chi connectivity index (χ1v) is 11.4. The van der Waals surface area contributed by atoms with E-state index in [4.69, 9.17) is 14.2 Å². The zero-order chi connectivity index (χ0) is 21.1. The van der Waals surface area contributed by atoms with Gasteiger partial charge in [0, 0.05) is 22.7 Å². The summed E-state index contributed by atoms with van der Waals surface area (Å²) >= 11 is 4.69. The molecule has 0 unspecified atom stereocenters. The number of thiophene rings is 2. The molecule has 3 heterocycles. The zero-order valence-electron chi connectivity index (χ0n) is 16.4. The van der Waals surface area contributed by atoms with Crippen LogP contribution in [0.25, 0.3) is 19.6 Å². The highest BCUT2D eigenvalue weighted by Crippen LogP contribution is 2.41. The van der Waals surface area contributed by atoms with Crippen LogP contribution in [0.5, 0.6) is 17.2 Å². The number of thiazole rings is 1. The van der Waals surface area contributed by atoms with Crippen molar-refractivity contribution in [3.63, 3.8) is 0 Å². The Balaban J connectivity index is 1.72. The molecule has 0 spiro atoms. The van der Waals surface area contributed by atoms with Crippen molar-refractivity contribution in [1.29, 1.82) is 0 Å². The molecule has 0 aliphatic heterocycles. The van der Waals surface area contributed by atoms with Gasteiger partial charge in [0.2, 0.25) is 5.75 Å². The van der Waals surface area contributed by atoms with E-state index in [1.165, 1.54) is 32.7 Å². The molecule has 3 aromatic heterocycles. The van der Waals surface area contributed by atoms with Crippen LogP contribution >= 0.6 is 34.0 Å². The molecule has 0 atom stereocenters. The Labute approximate surface area is 185 Å². The van der Waals surface area contributed by atoms with Gasteiger partial charge in [-0.1, -0.05) is 12.1 Å². The van der Waals surface area contributed by atoms with Crippen LogP contribution in [0.3, 0.4) is 0 Å². The fourth-order valence-electron chi connectivity index (χ4n) is 2.90. The molecule has 30 heavy (non-hydrogen) atoms. The van der Waals surface area contributed by atoms with Crippen LogP contribution in [0, 0.1) is 0 Å². The predicted molar refractivity (Wildman–Crippen MR) is 123 cm³/mol. The van der Waals surface area contributed by atoms with Crippen molar-refractivity contribution < 1.29 is 19.0 Å². The highest BCUT2D eigenvalue weighted by atomic mass is 32.1. The first-order chi connectivity index (χ1) is 14.6. The van der Waals surface area contributed by atoms with E-state index in [2.05, 4.69) is 10.3 Å². The number of methoxy groups -OCH3 is 3. The lowest BCUT2D eigenvalue weighted by atomic mass is 10.2. The summed E-state index contributed by atoms with van der Waals surface area (Å²) in [5, 5.41) is 7.72. The lowest BCUT2D eigenvalue weighted by Crippen LogP contribution is -2.13. The Morgan fingerprint density at radius 2 is 1.57 bits per heavy atom. The van der Waals surface area contributed by atoms with Gasteiger partial charge in [-0.15, -0.1) is 34.0 Å². The van der Waals surface area contributed by atoms with Gasteiger partial charge in [0.1, 0.15) is 10.7 Å². The molecule has 1 aromatic carbocycles. The summed E-state index contributed by atoms with van der Waals surface area (Å²) in [5.41, 5.74) is 0.914. The Bertz CT molecular complexity index is 1130. The van der Waals surface area contributed by atoms with E-state index in [1.807, 2.05) is 35.0 Å². The molecule has 0 aliphatic rings. The fourth-order valence-corrected chi connectivity index (χ4v) is 5.61. The summed E-state index contributed by atoms with van der Waals surface area (Å²) in [6.07, 6.45) is 0. The largest absolute Gasteiger partial charge is 0.493 e. The number of aromatic nitrogens is 1. The number of nitrogens with zero attached hydrogens (tertiary/aromatic N) is 1. The van der Waals surface area contributed by atoms with Crippen LogP contribution in [0.4, 0.5) is 5.69 Å². The minimum Gasteiger partial charge on any atom is -0.493 e. The molecule has 4 rings (SSSR count). The molecule has 0 saturated heterocycles. The van der Waals surface area contributed by atoms with Gasteiger partial charge in [0.25, 0.3) is 5.91 Å². The lowest BCUT2D eigenvalue weighted by Gasteiger charge is -2.14. The molecule has 154 valence electrons. The van der Waals surface area contributed by atoms with Crippen molar-refractivity contribution in [2.75, 3.05) is 26.6 Å². The van der Waals surface area contributed by atoms with Gasteiger partial charge in [-0.3, -0.25) is 4.79 Å². The summed E-state index contributed by atoms with van der Waals surface area (Å²) in [6.45, 7) is 0. The number of ether oxygens (including phenoxy) is 3. The third-order valence-corrected chi connectivity index (χ3v) is 7.39. The van der Waals surface area contributed by atoms with E-state index in [1.54, 1.807) is 34.8 Å². The topological polar surface area (TPSA) is 69.7 Å². The molecule has 0 radical (unpaired) electrons. The number of nitrogens with one attached hydrogen (secondary N) is 1. The second kappa shape index (κ2) is 8.86. The molecular weight excluding hydrogens is 440 g/mol. The number of hydrogen-bond acceptors (Lipinski definition) is 8. The van der Waals surface area contributed by atoms with Gasteiger partial charge in [0.15, 0.2) is 11.5 Å². The zero-order valence-corrected chi connectivity index (χ0v) is 18.9. The molecule has 1 N–H and O–H groups in total. The van der Waals surface area contributed by atoms with Crippen molar-refractivity contribution in [3.05, 3.63) is 52.9 Å². The van der Waals surface area contributed by atoms with Gasteiger partial charge >= 0.3 is 0 Å². The monoisotopic (exact) mass is 458 g/mol. The summed E-state index contributed by atoms with van der Waals surface area (Å²) in [5.74, 6) is 1.09. The molecule has 0 aliphatic carbocycles. The lowest BCUT2D eigenvalue weighted by molar-refractivity contribution is 0.102. The van der Waals surface area contributed by atoms with Gasteiger partial charge in [0.05, 0.1) is 31.1 Å². The van der Waals surface area contributed by atoms with Crippen LogP contribution in [0.1, 0.15) is 10.5 Å². The maximum atomic E-state index is 13.2. The minimum atomic E-state index is -0.299. The maximum Gasteiger partial charge on any atom is 0.275 e. The second-order valence-corrected chi connectivity index (χ2v) is 8.91. The summed E-state index contributed by atoms with van der Waals surface area (Å²) in [7, 11) is 4.60. The quantitative estimate of drug-likeness (QED) is 0.375. The highest BCUT2D eigenvalue weighted by molar-refractivity contribution is 7.25. The summed E-state index contributed by atoms with van der Waals surface area (Å²) in [6, 6.07) is 11.3. The van der Waals surface area contributed by atoms with E-state index in [-0.39, 0.29) is 5.91 Å². The summed E-state index contributed by atoms with van der Waals surface area (Å²) in [4.78, 5) is 20.7. The Morgan fingerprint density at radius 3 is 2.10 bits per heavy atom. The van der Waals surface area contributed by atoms with Crippen molar-refractivity contribution >= 4 is 45.6 Å². The highest BCUT2D eigenvalue weighted by Gasteiger charge is 2.22. The van der Waals surface area contributed by atoms with E-state index >= 15 is 0 Å². The van der Waals surface area contributed by atoms with Crippen LogP contribution in [0.15, 0.2) is 47.2 Å². The molecule has 4 aromatic rings. The third kappa shape index (κ3) is 3.91. The molecule has 0 fully saturated rings. The molecular formula is C21H18N2O4S3. The first kappa shape index (κ1) is 20.4. The number of anilines is 1. The Hall–Kier alpha value is -2.88. The van der Waals surface area contributed by atoms with E-state index in [9.17, 15) is 4.79 Å². The van der Waals surface area contributed by atoms with E-state index < -0.39 is 0 Å². The number of hydrogen-bond donors (Lipinski definition) is 1.